The number of aliphatic hydroxyl groups is 3. The second kappa shape index (κ2) is 5.97. The molecule has 6 nitrogen and oxygen atoms in total. The van der Waals surface area contributed by atoms with E-state index < -0.39 is 24.4 Å². The Morgan fingerprint density at radius 3 is 2.55 bits per heavy atom. The number of benzene rings is 1. The van der Waals surface area contributed by atoms with Crippen molar-refractivity contribution in [1.82, 2.24) is 0 Å². The SMILES string of the molecule is C[C@@H]1C[C@H](O)[C@H](O)[C@H](O)[C@@H]1OCc1cc(O)ccc1O. The molecule has 6 heteroatoms. The molecule has 0 radical (unpaired) electrons. The molecule has 2 rings (SSSR count). The van der Waals surface area contributed by atoms with E-state index in [9.17, 15) is 25.5 Å². The van der Waals surface area contributed by atoms with Crippen LogP contribution in [0.15, 0.2) is 18.2 Å². The van der Waals surface area contributed by atoms with E-state index in [0.717, 1.165) is 0 Å². The second-order valence-corrected chi connectivity index (χ2v) is 5.35. The number of hydrogen-bond acceptors (Lipinski definition) is 6. The fourth-order valence-corrected chi connectivity index (χ4v) is 2.55. The molecule has 1 saturated carbocycles. The summed E-state index contributed by atoms with van der Waals surface area (Å²) in [5.41, 5.74) is 0.394. The quantitative estimate of drug-likeness (QED) is 0.504. The van der Waals surface area contributed by atoms with Crippen LogP contribution in [0.5, 0.6) is 11.5 Å². The topological polar surface area (TPSA) is 110 Å². The van der Waals surface area contributed by atoms with Crippen LogP contribution in [0.1, 0.15) is 18.9 Å². The van der Waals surface area contributed by atoms with Crippen LogP contribution in [0.3, 0.4) is 0 Å². The number of aromatic hydroxyl groups is 2. The van der Waals surface area contributed by atoms with Gasteiger partial charge in [0.05, 0.1) is 18.8 Å². The van der Waals surface area contributed by atoms with Crippen molar-refractivity contribution in [3.05, 3.63) is 23.8 Å². The van der Waals surface area contributed by atoms with E-state index in [0.29, 0.717) is 12.0 Å². The predicted molar refractivity (Wildman–Crippen MR) is 70.2 cm³/mol. The van der Waals surface area contributed by atoms with Gasteiger partial charge in [0, 0.05) is 5.56 Å². The molecule has 0 aliphatic heterocycles. The summed E-state index contributed by atoms with van der Waals surface area (Å²) in [7, 11) is 0. The van der Waals surface area contributed by atoms with Crippen LogP contribution in [0, 0.1) is 5.92 Å². The van der Waals surface area contributed by atoms with E-state index >= 15 is 0 Å². The van der Waals surface area contributed by atoms with Gasteiger partial charge in [0.15, 0.2) is 0 Å². The van der Waals surface area contributed by atoms with Crippen LogP contribution in [-0.4, -0.2) is 49.9 Å². The maximum absolute atomic E-state index is 9.93. The average Bonchev–Trinajstić information content (AvgIpc) is 2.40. The highest BCUT2D eigenvalue weighted by Gasteiger charge is 2.41. The minimum absolute atomic E-state index is 0.00485. The van der Waals surface area contributed by atoms with Gasteiger partial charge in [-0.05, 0) is 30.5 Å². The van der Waals surface area contributed by atoms with Crippen molar-refractivity contribution in [2.24, 2.45) is 5.92 Å². The molecule has 1 aliphatic carbocycles. The van der Waals surface area contributed by atoms with E-state index in [4.69, 9.17) is 4.74 Å². The molecule has 20 heavy (non-hydrogen) atoms. The van der Waals surface area contributed by atoms with Gasteiger partial charge < -0.3 is 30.3 Å². The maximum Gasteiger partial charge on any atom is 0.121 e. The Morgan fingerprint density at radius 2 is 1.85 bits per heavy atom. The zero-order valence-corrected chi connectivity index (χ0v) is 11.2. The van der Waals surface area contributed by atoms with Gasteiger partial charge in [-0.3, -0.25) is 0 Å². The van der Waals surface area contributed by atoms with Crippen LogP contribution in [0.4, 0.5) is 0 Å². The molecule has 5 N–H and O–H groups in total. The lowest BCUT2D eigenvalue weighted by atomic mass is 9.82. The summed E-state index contributed by atoms with van der Waals surface area (Å²) >= 11 is 0. The first-order chi connectivity index (χ1) is 9.40. The summed E-state index contributed by atoms with van der Waals surface area (Å²) in [5.74, 6) is -0.140. The molecule has 0 aromatic heterocycles. The van der Waals surface area contributed by atoms with Crippen LogP contribution < -0.4 is 0 Å². The number of ether oxygens (including phenoxy) is 1. The lowest BCUT2D eigenvalue weighted by Crippen LogP contribution is -2.53. The first kappa shape index (κ1) is 15.1. The van der Waals surface area contributed by atoms with E-state index in [1.807, 2.05) is 6.92 Å². The Hall–Kier alpha value is -1.34. The minimum atomic E-state index is -1.24. The van der Waals surface area contributed by atoms with Gasteiger partial charge in [-0.15, -0.1) is 0 Å². The molecule has 0 unspecified atom stereocenters. The summed E-state index contributed by atoms with van der Waals surface area (Å²) in [6.07, 6.45) is -3.71. The van der Waals surface area contributed by atoms with Crippen molar-refractivity contribution in [3.8, 4) is 11.5 Å². The summed E-state index contributed by atoms with van der Waals surface area (Å²) in [5, 5.41) is 48.2. The van der Waals surface area contributed by atoms with Crippen LogP contribution in [0.25, 0.3) is 0 Å². The average molecular weight is 284 g/mol. The van der Waals surface area contributed by atoms with E-state index in [1.165, 1.54) is 18.2 Å². The Labute approximate surface area is 116 Å². The van der Waals surface area contributed by atoms with Gasteiger partial charge in [-0.1, -0.05) is 6.92 Å². The van der Waals surface area contributed by atoms with Gasteiger partial charge in [0.2, 0.25) is 0 Å². The molecular formula is C14H20O6. The third-order valence-corrected chi connectivity index (χ3v) is 3.75. The highest BCUT2D eigenvalue weighted by Crippen LogP contribution is 2.30. The Morgan fingerprint density at radius 1 is 1.15 bits per heavy atom. The lowest BCUT2D eigenvalue weighted by molar-refractivity contribution is -0.176. The first-order valence-corrected chi connectivity index (χ1v) is 6.56. The summed E-state index contributed by atoms with van der Waals surface area (Å²) in [6, 6.07) is 4.09. The molecule has 1 aliphatic rings. The van der Waals surface area contributed by atoms with E-state index in [2.05, 4.69) is 0 Å². The molecule has 1 aromatic carbocycles. The number of phenols is 2. The second-order valence-electron chi connectivity index (χ2n) is 5.35. The van der Waals surface area contributed by atoms with E-state index in [-0.39, 0.29) is 24.0 Å². The number of aliphatic hydroxyl groups excluding tert-OH is 3. The van der Waals surface area contributed by atoms with Gasteiger partial charge in [0.1, 0.15) is 23.7 Å². The van der Waals surface area contributed by atoms with Crippen LogP contribution in [-0.2, 0) is 11.3 Å². The van der Waals surface area contributed by atoms with Gasteiger partial charge >= 0.3 is 0 Å². The van der Waals surface area contributed by atoms with Gasteiger partial charge in [-0.25, -0.2) is 0 Å². The lowest BCUT2D eigenvalue weighted by Gasteiger charge is -2.39. The smallest absolute Gasteiger partial charge is 0.121 e. The highest BCUT2D eigenvalue weighted by molar-refractivity contribution is 5.38. The Kier molecular flexibility index (Phi) is 4.49. The monoisotopic (exact) mass is 284 g/mol. The minimum Gasteiger partial charge on any atom is -0.508 e. The zero-order chi connectivity index (χ0) is 14.9. The molecular weight excluding hydrogens is 264 g/mol. The van der Waals surface area contributed by atoms with Crippen LogP contribution in [0.2, 0.25) is 0 Å². The number of phenolic OH excluding ortho intramolecular Hbond substituents is 2. The maximum atomic E-state index is 9.93. The van der Waals surface area contributed by atoms with E-state index in [1.54, 1.807) is 0 Å². The molecule has 1 aromatic rings. The standard InChI is InChI=1S/C14H20O6/c1-7-4-11(17)12(18)13(19)14(7)20-6-8-5-9(15)2-3-10(8)16/h2-3,5,7,11-19H,4,6H2,1H3/t7-,11+,12+,13+,14-/m1/s1. The first-order valence-electron chi connectivity index (χ1n) is 6.56. The predicted octanol–water partition coefficient (Wildman–Crippen LogP) is 0.105. The van der Waals surface area contributed by atoms with Crippen molar-refractivity contribution in [2.45, 2.75) is 44.4 Å². The third-order valence-electron chi connectivity index (χ3n) is 3.75. The van der Waals surface area contributed by atoms with Crippen molar-refractivity contribution < 1.29 is 30.3 Å². The van der Waals surface area contributed by atoms with Crippen molar-refractivity contribution in [2.75, 3.05) is 0 Å². The largest absolute Gasteiger partial charge is 0.508 e. The van der Waals surface area contributed by atoms with Crippen LogP contribution >= 0.6 is 0 Å². The fraction of sp³-hybridized carbons (Fsp3) is 0.571. The van der Waals surface area contributed by atoms with Gasteiger partial charge in [0.25, 0.3) is 0 Å². The summed E-state index contributed by atoms with van der Waals surface area (Å²) in [4.78, 5) is 0. The van der Waals surface area contributed by atoms with Gasteiger partial charge in [-0.2, -0.15) is 0 Å². The fourth-order valence-electron chi connectivity index (χ4n) is 2.55. The molecule has 0 saturated heterocycles. The summed E-state index contributed by atoms with van der Waals surface area (Å²) in [6.45, 7) is 1.81. The molecule has 5 atom stereocenters. The molecule has 0 bridgehead atoms. The Bertz CT molecular complexity index is 463. The number of hydrogen-bond donors (Lipinski definition) is 5. The van der Waals surface area contributed by atoms with Crippen molar-refractivity contribution >= 4 is 0 Å². The number of rotatable bonds is 3. The molecule has 112 valence electrons. The normalized spacial score (nSPS) is 34.1. The Balaban J connectivity index is 2.04. The molecule has 0 heterocycles. The third kappa shape index (κ3) is 3.04. The molecule has 0 spiro atoms. The summed E-state index contributed by atoms with van der Waals surface area (Å²) < 4.78 is 5.56. The highest BCUT2D eigenvalue weighted by atomic mass is 16.5. The van der Waals surface area contributed by atoms with Crippen molar-refractivity contribution in [3.63, 3.8) is 0 Å². The zero-order valence-electron chi connectivity index (χ0n) is 11.2. The molecule has 1 fully saturated rings. The molecule has 0 amide bonds. The van der Waals surface area contributed by atoms with Crippen molar-refractivity contribution in [1.29, 1.82) is 0 Å².